The fraction of sp³-hybridized carbons (Fsp3) is 0.643. The van der Waals surface area contributed by atoms with Crippen LogP contribution >= 0.6 is 11.8 Å². The van der Waals surface area contributed by atoms with E-state index >= 15 is 0 Å². The van der Waals surface area contributed by atoms with Crippen molar-refractivity contribution in [3.63, 3.8) is 0 Å². The van der Waals surface area contributed by atoms with E-state index in [0.717, 1.165) is 11.8 Å². The zero-order chi connectivity index (χ0) is 12.1. The van der Waals surface area contributed by atoms with Gasteiger partial charge in [0.1, 0.15) is 5.03 Å². The van der Waals surface area contributed by atoms with E-state index in [1.807, 2.05) is 24.0 Å². The van der Waals surface area contributed by atoms with Crippen LogP contribution in [0.5, 0.6) is 0 Å². The van der Waals surface area contributed by atoms with E-state index in [9.17, 15) is 0 Å². The second-order valence-corrected chi connectivity index (χ2v) is 6.32. The summed E-state index contributed by atoms with van der Waals surface area (Å²) in [4.78, 5) is 4.54. The summed E-state index contributed by atoms with van der Waals surface area (Å²) in [5.41, 5.74) is 1.35. The summed E-state index contributed by atoms with van der Waals surface area (Å²) in [7, 11) is 0. The molecule has 0 atom stereocenters. The van der Waals surface area contributed by atoms with Crippen molar-refractivity contribution in [1.82, 2.24) is 10.3 Å². The van der Waals surface area contributed by atoms with Crippen LogP contribution in [0, 0.1) is 0 Å². The standard InChI is InChI=1S/C14H22N2S/c1-11(2)16-10-12-6-5-9-15-14(12)17-13-7-3-4-8-13/h5-6,9,11,13,16H,3-4,7-8,10H2,1-2H3. The van der Waals surface area contributed by atoms with Crippen LogP contribution in [0.2, 0.25) is 0 Å². The molecule has 0 amide bonds. The maximum absolute atomic E-state index is 4.54. The van der Waals surface area contributed by atoms with E-state index in [4.69, 9.17) is 0 Å². The fourth-order valence-corrected chi connectivity index (χ4v) is 3.44. The third-order valence-electron chi connectivity index (χ3n) is 3.13. The monoisotopic (exact) mass is 250 g/mol. The lowest BCUT2D eigenvalue weighted by Gasteiger charge is -2.13. The van der Waals surface area contributed by atoms with Crippen LogP contribution in [0.1, 0.15) is 45.1 Å². The highest BCUT2D eigenvalue weighted by atomic mass is 32.2. The molecule has 3 heteroatoms. The molecule has 1 saturated carbocycles. The summed E-state index contributed by atoms with van der Waals surface area (Å²) < 4.78 is 0. The van der Waals surface area contributed by atoms with E-state index in [1.54, 1.807) is 0 Å². The van der Waals surface area contributed by atoms with Crippen molar-refractivity contribution in [3.8, 4) is 0 Å². The van der Waals surface area contributed by atoms with Crippen molar-refractivity contribution < 1.29 is 0 Å². The SMILES string of the molecule is CC(C)NCc1cccnc1SC1CCCC1. The molecule has 17 heavy (non-hydrogen) atoms. The first-order valence-electron chi connectivity index (χ1n) is 6.59. The Morgan fingerprint density at radius 2 is 2.18 bits per heavy atom. The minimum absolute atomic E-state index is 0.527. The van der Waals surface area contributed by atoms with E-state index in [2.05, 4.69) is 30.2 Å². The molecule has 1 heterocycles. The lowest BCUT2D eigenvalue weighted by Crippen LogP contribution is -2.22. The Labute approximate surface area is 109 Å². The van der Waals surface area contributed by atoms with E-state index in [1.165, 1.54) is 36.3 Å². The number of thioether (sulfide) groups is 1. The van der Waals surface area contributed by atoms with Gasteiger partial charge in [-0.3, -0.25) is 0 Å². The van der Waals surface area contributed by atoms with Crippen LogP contribution in [-0.4, -0.2) is 16.3 Å². The number of hydrogen-bond donors (Lipinski definition) is 1. The van der Waals surface area contributed by atoms with Gasteiger partial charge in [0.2, 0.25) is 0 Å². The third-order valence-corrected chi connectivity index (χ3v) is 4.53. The topological polar surface area (TPSA) is 24.9 Å². The Balaban J connectivity index is 1.99. The van der Waals surface area contributed by atoms with Crippen LogP contribution in [0.4, 0.5) is 0 Å². The molecule has 1 aromatic rings. The zero-order valence-electron chi connectivity index (χ0n) is 10.8. The van der Waals surface area contributed by atoms with Gasteiger partial charge in [0.25, 0.3) is 0 Å². The van der Waals surface area contributed by atoms with Gasteiger partial charge in [-0.25, -0.2) is 4.98 Å². The molecule has 0 bridgehead atoms. The van der Waals surface area contributed by atoms with Crippen molar-refractivity contribution in [1.29, 1.82) is 0 Å². The first kappa shape index (κ1) is 12.9. The largest absolute Gasteiger partial charge is 0.310 e. The number of hydrogen-bond acceptors (Lipinski definition) is 3. The van der Waals surface area contributed by atoms with Gasteiger partial charge in [-0.2, -0.15) is 0 Å². The molecule has 1 N–H and O–H groups in total. The molecule has 0 radical (unpaired) electrons. The van der Waals surface area contributed by atoms with Gasteiger partial charge >= 0.3 is 0 Å². The Morgan fingerprint density at radius 3 is 2.88 bits per heavy atom. The average Bonchev–Trinajstić information content (AvgIpc) is 2.80. The summed E-state index contributed by atoms with van der Waals surface area (Å²) in [5.74, 6) is 0. The Kier molecular flexibility index (Phi) is 4.86. The van der Waals surface area contributed by atoms with Crippen molar-refractivity contribution in [3.05, 3.63) is 23.9 Å². The molecule has 1 aliphatic carbocycles. The number of nitrogens with zero attached hydrogens (tertiary/aromatic N) is 1. The summed E-state index contributed by atoms with van der Waals surface area (Å²) in [5, 5.41) is 5.50. The highest BCUT2D eigenvalue weighted by Crippen LogP contribution is 2.35. The van der Waals surface area contributed by atoms with Gasteiger partial charge in [0.05, 0.1) is 0 Å². The lowest BCUT2D eigenvalue weighted by atomic mass is 10.2. The van der Waals surface area contributed by atoms with Crippen molar-refractivity contribution in [2.45, 2.75) is 62.4 Å². The second-order valence-electron chi connectivity index (χ2n) is 5.03. The number of aromatic nitrogens is 1. The van der Waals surface area contributed by atoms with Gasteiger partial charge < -0.3 is 5.32 Å². The minimum atomic E-state index is 0.527. The smallest absolute Gasteiger partial charge is 0.101 e. The minimum Gasteiger partial charge on any atom is -0.310 e. The van der Waals surface area contributed by atoms with Crippen molar-refractivity contribution in [2.75, 3.05) is 0 Å². The van der Waals surface area contributed by atoms with Gasteiger partial charge in [0, 0.05) is 24.0 Å². The molecule has 1 aromatic heterocycles. The van der Waals surface area contributed by atoms with Crippen LogP contribution in [0.25, 0.3) is 0 Å². The molecule has 0 saturated heterocycles. The van der Waals surface area contributed by atoms with E-state index < -0.39 is 0 Å². The van der Waals surface area contributed by atoms with Crippen LogP contribution < -0.4 is 5.32 Å². The number of rotatable bonds is 5. The molecule has 1 aliphatic rings. The maximum Gasteiger partial charge on any atom is 0.101 e. The fourth-order valence-electron chi connectivity index (χ4n) is 2.14. The average molecular weight is 250 g/mol. The van der Waals surface area contributed by atoms with Gasteiger partial charge in [0.15, 0.2) is 0 Å². The molecule has 0 spiro atoms. The van der Waals surface area contributed by atoms with Gasteiger partial charge in [-0.1, -0.05) is 32.8 Å². The first-order chi connectivity index (χ1) is 8.25. The van der Waals surface area contributed by atoms with Crippen LogP contribution in [0.3, 0.4) is 0 Å². The van der Waals surface area contributed by atoms with Crippen molar-refractivity contribution >= 4 is 11.8 Å². The zero-order valence-corrected chi connectivity index (χ0v) is 11.6. The predicted octanol–water partition coefficient (Wildman–Crippen LogP) is 3.61. The molecule has 2 rings (SSSR count). The highest BCUT2D eigenvalue weighted by molar-refractivity contribution is 7.99. The van der Waals surface area contributed by atoms with Crippen molar-refractivity contribution in [2.24, 2.45) is 0 Å². The molecule has 0 aromatic carbocycles. The normalized spacial score (nSPS) is 16.9. The summed E-state index contributed by atoms with van der Waals surface area (Å²) >= 11 is 1.98. The molecular formula is C14H22N2S. The summed E-state index contributed by atoms with van der Waals surface area (Å²) in [6.07, 6.45) is 7.42. The van der Waals surface area contributed by atoms with Crippen LogP contribution in [0.15, 0.2) is 23.4 Å². The summed E-state index contributed by atoms with van der Waals surface area (Å²) in [6.45, 7) is 5.29. The van der Waals surface area contributed by atoms with E-state index in [-0.39, 0.29) is 0 Å². The first-order valence-corrected chi connectivity index (χ1v) is 7.47. The van der Waals surface area contributed by atoms with Gasteiger partial charge in [-0.15, -0.1) is 11.8 Å². The maximum atomic E-state index is 4.54. The second kappa shape index (κ2) is 6.41. The number of pyridine rings is 1. The number of nitrogens with one attached hydrogen (secondary N) is 1. The highest BCUT2D eigenvalue weighted by Gasteiger charge is 2.18. The lowest BCUT2D eigenvalue weighted by molar-refractivity contribution is 0.582. The molecule has 0 unspecified atom stereocenters. The third kappa shape index (κ3) is 4.00. The molecule has 0 aliphatic heterocycles. The van der Waals surface area contributed by atoms with E-state index in [0.29, 0.717) is 6.04 Å². The molecular weight excluding hydrogens is 228 g/mol. The Bertz CT molecular complexity index is 346. The molecule has 1 fully saturated rings. The van der Waals surface area contributed by atoms with Gasteiger partial charge in [-0.05, 0) is 24.5 Å². The Morgan fingerprint density at radius 1 is 1.41 bits per heavy atom. The van der Waals surface area contributed by atoms with Crippen LogP contribution in [-0.2, 0) is 6.54 Å². The Hall–Kier alpha value is -0.540. The summed E-state index contributed by atoms with van der Waals surface area (Å²) in [6, 6.07) is 4.76. The quantitative estimate of drug-likeness (QED) is 0.864. The molecule has 94 valence electrons. The molecule has 2 nitrogen and oxygen atoms in total. The predicted molar refractivity (Wildman–Crippen MR) is 74.3 cm³/mol.